The topological polar surface area (TPSA) is 79.3 Å². The van der Waals surface area contributed by atoms with E-state index in [9.17, 15) is 14.7 Å². The molecule has 1 heterocycles. The fraction of sp³-hybridized carbons (Fsp3) is 0.391. The summed E-state index contributed by atoms with van der Waals surface area (Å²) in [5.41, 5.74) is 1.81. The van der Waals surface area contributed by atoms with E-state index in [1.54, 1.807) is 28.9 Å². The Morgan fingerprint density at radius 1 is 1.00 bits per heavy atom. The highest BCUT2D eigenvalue weighted by atomic mass is 35.5. The predicted octanol–water partition coefficient (Wildman–Crippen LogP) is 3.18. The molecule has 1 saturated heterocycles. The lowest BCUT2D eigenvalue weighted by atomic mass is 10.1. The standard InChI is InChI=1S/C23H27ClN2O5/c1-15-12-20(13-16(2)22(15)24)30-14-21(28)25-8-10-26(11-9-25)23(29)17(3)31-19-6-4-18(27)5-7-19/h4-7,12-13,17,27H,8-11,14H2,1-3H3. The number of hydrogen-bond donors (Lipinski definition) is 1. The number of ether oxygens (including phenoxy) is 2. The van der Waals surface area contributed by atoms with Gasteiger partial charge in [0.1, 0.15) is 17.2 Å². The third-order valence-corrected chi connectivity index (χ3v) is 5.81. The number of aromatic hydroxyl groups is 1. The number of halogens is 1. The fourth-order valence-electron chi connectivity index (χ4n) is 3.44. The zero-order valence-electron chi connectivity index (χ0n) is 17.9. The molecule has 0 aromatic heterocycles. The minimum Gasteiger partial charge on any atom is -0.508 e. The third-order valence-electron chi connectivity index (χ3n) is 5.21. The molecule has 2 aromatic rings. The summed E-state index contributed by atoms with van der Waals surface area (Å²) in [7, 11) is 0. The minimum absolute atomic E-state index is 0.0607. The number of rotatable bonds is 6. The molecule has 0 saturated carbocycles. The second kappa shape index (κ2) is 9.92. The molecule has 1 aliphatic rings. The second-order valence-corrected chi connectivity index (χ2v) is 8.00. The van der Waals surface area contributed by atoms with Crippen LogP contribution in [0.25, 0.3) is 0 Å². The van der Waals surface area contributed by atoms with Crippen molar-refractivity contribution in [2.45, 2.75) is 26.9 Å². The molecule has 0 spiro atoms. The molecule has 3 rings (SSSR count). The Kier molecular flexibility index (Phi) is 7.28. The molecule has 31 heavy (non-hydrogen) atoms. The Balaban J connectivity index is 1.46. The van der Waals surface area contributed by atoms with Gasteiger partial charge in [0.25, 0.3) is 11.8 Å². The van der Waals surface area contributed by atoms with Gasteiger partial charge in [0.15, 0.2) is 12.7 Å². The van der Waals surface area contributed by atoms with Gasteiger partial charge in [-0.1, -0.05) is 11.6 Å². The van der Waals surface area contributed by atoms with E-state index in [0.717, 1.165) is 11.1 Å². The highest BCUT2D eigenvalue weighted by molar-refractivity contribution is 6.32. The molecule has 7 nitrogen and oxygen atoms in total. The van der Waals surface area contributed by atoms with Crippen LogP contribution in [0.2, 0.25) is 5.02 Å². The second-order valence-electron chi connectivity index (χ2n) is 7.62. The van der Waals surface area contributed by atoms with Gasteiger partial charge in [-0.2, -0.15) is 0 Å². The van der Waals surface area contributed by atoms with Crippen LogP contribution < -0.4 is 9.47 Å². The molecule has 2 aromatic carbocycles. The first-order chi connectivity index (χ1) is 14.7. The lowest BCUT2D eigenvalue weighted by Gasteiger charge is -2.35. The van der Waals surface area contributed by atoms with Crippen molar-refractivity contribution in [1.82, 2.24) is 9.80 Å². The van der Waals surface area contributed by atoms with Gasteiger partial charge in [0, 0.05) is 31.2 Å². The van der Waals surface area contributed by atoms with Crippen LogP contribution in [0.5, 0.6) is 17.2 Å². The van der Waals surface area contributed by atoms with Crippen molar-refractivity contribution >= 4 is 23.4 Å². The van der Waals surface area contributed by atoms with E-state index in [1.165, 1.54) is 12.1 Å². The Morgan fingerprint density at radius 2 is 1.55 bits per heavy atom. The van der Waals surface area contributed by atoms with Gasteiger partial charge in [0.2, 0.25) is 0 Å². The summed E-state index contributed by atoms with van der Waals surface area (Å²) < 4.78 is 11.3. The number of piperazine rings is 1. The van der Waals surface area contributed by atoms with Gasteiger partial charge in [0.05, 0.1) is 0 Å². The molecule has 0 radical (unpaired) electrons. The maximum absolute atomic E-state index is 12.7. The van der Waals surface area contributed by atoms with Crippen molar-refractivity contribution in [2.75, 3.05) is 32.8 Å². The smallest absolute Gasteiger partial charge is 0.263 e. The quantitative estimate of drug-likeness (QED) is 0.737. The van der Waals surface area contributed by atoms with Crippen LogP contribution in [0.3, 0.4) is 0 Å². The molecule has 1 unspecified atom stereocenters. The van der Waals surface area contributed by atoms with E-state index < -0.39 is 6.10 Å². The minimum atomic E-state index is -0.661. The summed E-state index contributed by atoms with van der Waals surface area (Å²) in [5.74, 6) is 1.01. The molecule has 1 fully saturated rings. The molecule has 1 N–H and O–H groups in total. The van der Waals surface area contributed by atoms with Gasteiger partial charge in [-0.05, 0) is 68.3 Å². The molecule has 0 bridgehead atoms. The van der Waals surface area contributed by atoms with Gasteiger partial charge in [-0.25, -0.2) is 0 Å². The summed E-state index contributed by atoms with van der Waals surface area (Å²) >= 11 is 6.17. The van der Waals surface area contributed by atoms with Crippen molar-refractivity contribution in [3.8, 4) is 17.2 Å². The predicted molar refractivity (Wildman–Crippen MR) is 118 cm³/mol. The Bertz CT molecular complexity index is 916. The molecular weight excluding hydrogens is 420 g/mol. The highest BCUT2D eigenvalue weighted by Crippen LogP contribution is 2.26. The van der Waals surface area contributed by atoms with Gasteiger partial charge in [-0.3, -0.25) is 9.59 Å². The number of aryl methyl sites for hydroxylation is 2. The highest BCUT2D eigenvalue weighted by Gasteiger charge is 2.28. The normalized spacial score (nSPS) is 14.8. The number of phenolic OH excluding ortho intramolecular Hbond substituents is 1. The van der Waals surface area contributed by atoms with E-state index in [0.29, 0.717) is 42.7 Å². The summed E-state index contributed by atoms with van der Waals surface area (Å²) in [6.45, 7) is 7.18. The SMILES string of the molecule is Cc1cc(OCC(=O)N2CCN(C(=O)C(C)Oc3ccc(O)cc3)CC2)cc(C)c1Cl. The monoisotopic (exact) mass is 446 g/mol. The fourth-order valence-corrected chi connectivity index (χ4v) is 3.55. The van der Waals surface area contributed by atoms with Gasteiger partial charge in [-0.15, -0.1) is 0 Å². The van der Waals surface area contributed by atoms with Crippen molar-refractivity contribution in [3.63, 3.8) is 0 Å². The van der Waals surface area contributed by atoms with E-state index in [4.69, 9.17) is 21.1 Å². The third kappa shape index (κ3) is 5.82. The number of amides is 2. The Labute approximate surface area is 187 Å². The Hall–Kier alpha value is -2.93. The van der Waals surface area contributed by atoms with Crippen molar-refractivity contribution in [3.05, 3.63) is 52.5 Å². The first-order valence-corrected chi connectivity index (χ1v) is 10.5. The zero-order chi connectivity index (χ0) is 22.5. The Morgan fingerprint density at radius 3 is 2.13 bits per heavy atom. The van der Waals surface area contributed by atoms with Crippen LogP contribution in [-0.2, 0) is 9.59 Å². The average molecular weight is 447 g/mol. The maximum Gasteiger partial charge on any atom is 0.263 e. The number of hydrogen-bond acceptors (Lipinski definition) is 5. The van der Waals surface area contributed by atoms with Crippen LogP contribution >= 0.6 is 11.6 Å². The molecule has 0 aliphatic carbocycles. The average Bonchev–Trinajstić information content (AvgIpc) is 2.76. The van der Waals surface area contributed by atoms with E-state index >= 15 is 0 Å². The summed E-state index contributed by atoms with van der Waals surface area (Å²) in [5, 5.41) is 10.0. The molecule has 166 valence electrons. The summed E-state index contributed by atoms with van der Waals surface area (Å²) in [4.78, 5) is 28.6. The van der Waals surface area contributed by atoms with E-state index in [1.807, 2.05) is 26.0 Å². The number of nitrogens with zero attached hydrogens (tertiary/aromatic N) is 2. The zero-order valence-corrected chi connectivity index (χ0v) is 18.7. The van der Waals surface area contributed by atoms with Crippen LogP contribution in [0.15, 0.2) is 36.4 Å². The van der Waals surface area contributed by atoms with Crippen molar-refractivity contribution < 1.29 is 24.2 Å². The number of carbonyl (C=O) groups is 2. The number of carbonyl (C=O) groups excluding carboxylic acids is 2. The lowest BCUT2D eigenvalue weighted by molar-refractivity contribution is -0.144. The van der Waals surface area contributed by atoms with Crippen LogP contribution in [0.1, 0.15) is 18.1 Å². The molecular formula is C23H27ClN2O5. The number of benzene rings is 2. The number of phenols is 1. The summed E-state index contributed by atoms with van der Waals surface area (Å²) in [6, 6.07) is 9.86. The summed E-state index contributed by atoms with van der Waals surface area (Å²) in [6.07, 6.45) is -0.661. The first-order valence-electron chi connectivity index (χ1n) is 10.2. The van der Waals surface area contributed by atoms with E-state index in [-0.39, 0.29) is 24.2 Å². The molecule has 2 amide bonds. The largest absolute Gasteiger partial charge is 0.508 e. The maximum atomic E-state index is 12.7. The van der Waals surface area contributed by atoms with Crippen LogP contribution in [0, 0.1) is 13.8 Å². The van der Waals surface area contributed by atoms with Crippen molar-refractivity contribution in [2.24, 2.45) is 0 Å². The van der Waals surface area contributed by atoms with Gasteiger partial charge >= 0.3 is 0 Å². The van der Waals surface area contributed by atoms with Crippen molar-refractivity contribution in [1.29, 1.82) is 0 Å². The first kappa shape index (κ1) is 22.7. The molecule has 1 atom stereocenters. The van der Waals surface area contributed by atoms with Gasteiger partial charge < -0.3 is 24.4 Å². The van der Waals surface area contributed by atoms with Crippen LogP contribution in [-0.4, -0.2) is 65.6 Å². The van der Waals surface area contributed by atoms with E-state index in [2.05, 4.69) is 0 Å². The lowest BCUT2D eigenvalue weighted by Crippen LogP contribution is -2.54. The van der Waals surface area contributed by atoms with Crippen LogP contribution in [0.4, 0.5) is 0 Å². The molecule has 1 aliphatic heterocycles. The molecule has 8 heteroatoms.